The van der Waals surface area contributed by atoms with Crippen molar-refractivity contribution < 1.29 is 13.2 Å². The second-order valence-electron chi connectivity index (χ2n) is 4.87. The minimum Gasteiger partial charge on any atom is -0.357 e. The fourth-order valence-electron chi connectivity index (χ4n) is 2.05. The molecule has 0 bridgehead atoms. The zero-order valence-electron chi connectivity index (χ0n) is 12.7. The lowest BCUT2D eigenvalue weighted by Crippen LogP contribution is -2.38. The van der Waals surface area contributed by atoms with Gasteiger partial charge in [-0.1, -0.05) is 18.2 Å². The predicted molar refractivity (Wildman–Crippen MR) is 97.2 cm³/mol. The molecule has 0 saturated heterocycles. The van der Waals surface area contributed by atoms with E-state index in [1.165, 1.54) is 0 Å². The molecule has 3 N–H and O–H groups in total. The highest BCUT2D eigenvalue weighted by molar-refractivity contribution is 14.0. The molecule has 128 valence electrons. The Morgan fingerprint density at radius 1 is 1.22 bits per heavy atom. The molecule has 0 atom stereocenters. The Morgan fingerprint density at radius 3 is 2.61 bits per heavy atom. The van der Waals surface area contributed by atoms with Gasteiger partial charge in [-0.05, 0) is 24.4 Å². The third-order valence-electron chi connectivity index (χ3n) is 3.04. The molecule has 0 aliphatic carbocycles. The molecule has 0 saturated carbocycles. The molecular formula is C15H20F3IN4. The number of nitrogens with zero attached hydrogens (tertiary/aromatic N) is 1. The molecule has 4 nitrogen and oxygen atoms in total. The van der Waals surface area contributed by atoms with Crippen molar-refractivity contribution in [3.63, 3.8) is 0 Å². The van der Waals surface area contributed by atoms with E-state index < -0.39 is 12.6 Å². The molecule has 0 amide bonds. The smallest absolute Gasteiger partial charge is 0.357 e. The minimum atomic E-state index is -4.17. The van der Waals surface area contributed by atoms with Crippen molar-refractivity contribution >= 4 is 40.8 Å². The van der Waals surface area contributed by atoms with E-state index in [1.807, 2.05) is 37.3 Å². The van der Waals surface area contributed by atoms with Gasteiger partial charge in [0.25, 0.3) is 0 Å². The molecule has 1 heterocycles. The number of aliphatic imine (C=N–C) groups is 1. The summed E-state index contributed by atoms with van der Waals surface area (Å²) in [5.74, 6) is 0.380. The second-order valence-corrected chi connectivity index (χ2v) is 4.87. The maximum absolute atomic E-state index is 12.2. The molecule has 0 spiro atoms. The van der Waals surface area contributed by atoms with Crippen LogP contribution in [0.3, 0.4) is 0 Å². The van der Waals surface area contributed by atoms with Crippen LogP contribution < -0.4 is 10.6 Å². The third-order valence-corrected chi connectivity index (χ3v) is 3.04. The lowest BCUT2D eigenvalue weighted by atomic mass is 10.2. The van der Waals surface area contributed by atoms with Crippen LogP contribution in [0.1, 0.15) is 19.0 Å². The summed E-state index contributed by atoms with van der Waals surface area (Å²) in [6.07, 6.45) is -5.05. The SMILES string of the molecule is CCNC(=NCc1cc2ccccc2[nH]1)NCCC(F)(F)F.I. The monoisotopic (exact) mass is 440 g/mol. The first-order valence-corrected chi connectivity index (χ1v) is 7.13. The van der Waals surface area contributed by atoms with E-state index in [0.717, 1.165) is 16.6 Å². The van der Waals surface area contributed by atoms with Crippen molar-refractivity contribution in [1.82, 2.24) is 15.6 Å². The molecule has 8 heteroatoms. The summed E-state index contributed by atoms with van der Waals surface area (Å²) in [6, 6.07) is 9.83. The summed E-state index contributed by atoms with van der Waals surface area (Å²) >= 11 is 0. The normalized spacial score (nSPS) is 12.1. The van der Waals surface area contributed by atoms with Crippen LogP contribution in [0.4, 0.5) is 13.2 Å². The van der Waals surface area contributed by atoms with Crippen molar-refractivity contribution in [2.24, 2.45) is 4.99 Å². The van der Waals surface area contributed by atoms with Gasteiger partial charge in [0, 0.05) is 24.3 Å². The molecule has 1 aromatic carbocycles. The van der Waals surface area contributed by atoms with Crippen LogP contribution in [0.15, 0.2) is 35.3 Å². The number of aromatic amines is 1. The van der Waals surface area contributed by atoms with Gasteiger partial charge >= 0.3 is 6.18 Å². The number of para-hydroxylation sites is 1. The Kier molecular flexibility index (Phi) is 7.66. The van der Waals surface area contributed by atoms with E-state index in [-0.39, 0.29) is 30.5 Å². The van der Waals surface area contributed by atoms with Gasteiger partial charge in [0.2, 0.25) is 0 Å². The Balaban J connectivity index is 0.00000264. The maximum atomic E-state index is 12.2. The highest BCUT2D eigenvalue weighted by Gasteiger charge is 2.26. The number of hydrogen-bond acceptors (Lipinski definition) is 1. The van der Waals surface area contributed by atoms with Crippen molar-refractivity contribution in [3.05, 3.63) is 36.0 Å². The number of nitrogens with one attached hydrogen (secondary N) is 3. The van der Waals surface area contributed by atoms with Crippen molar-refractivity contribution in [3.8, 4) is 0 Å². The Labute approximate surface area is 150 Å². The highest BCUT2D eigenvalue weighted by Crippen LogP contribution is 2.18. The van der Waals surface area contributed by atoms with Crippen molar-refractivity contribution in [2.75, 3.05) is 13.1 Å². The average molecular weight is 440 g/mol. The van der Waals surface area contributed by atoms with Crippen molar-refractivity contribution in [2.45, 2.75) is 26.1 Å². The number of rotatable bonds is 5. The average Bonchev–Trinajstić information content (AvgIpc) is 2.86. The number of H-pyrrole nitrogens is 1. The lowest BCUT2D eigenvalue weighted by Gasteiger charge is -2.12. The van der Waals surface area contributed by atoms with Crippen LogP contribution in [0.5, 0.6) is 0 Å². The van der Waals surface area contributed by atoms with Crippen LogP contribution >= 0.6 is 24.0 Å². The third kappa shape index (κ3) is 6.67. The Hall–Kier alpha value is -1.45. The first-order chi connectivity index (χ1) is 10.5. The summed E-state index contributed by atoms with van der Waals surface area (Å²) in [5.41, 5.74) is 1.93. The first-order valence-electron chi connectivity index (χ1n) is 7.13. The number of benzene rings is 1. The standard InChI is InChI=1S/C15H19F3N4.HI/c1-2-19-14(20-8-7-15(16,17)18)21-10-12-9-11-5-3-4-6-13(11)22-12;/h3-6,9,22H,2,7-8,10H2,1H3,(H2,19,20,21);1H. The molecule has 0 fully saturated rings. The highest BCUT2D eigenvalue weighted by atomic mass is 127. The molecule has 1 aromatic heterocycles. The van der Waals surface area contributed by atoms with Crippen LogP contribution in [0, 0.1) is 0 Å². The number of hydrogen-bond donors (Lipinski definition) is 3. The van der Waals surface area contributed by atoms with E-state index in [2.05, 4.69) is 20.6 Å². The molecule has 2 aromatic rings. The van der Waals surface area contributed by atoms with Gasteiger partial charge in [0.05, 0.1) is 13.0 Å². The zero-order chi connectivity index (χ0) is 16.0. The topological polar surface area (TPSA) is 52.2 Å². The molecule has 23 heavy (non-hydrogen) atoms. The lowest BCUT2D eigenvalue weighted by molar-refractivity contribution is -0.132. The summed E-state index contributed by atoms with van der Waals surface area (Å²) in [6.45, 7) is 2.63. The van der Waals surface area contributed by atoms with Gasteiger partial charge < -0.3 is 15.6 Å². The van der Waals surface area contributed by atoms with Gasteiger partial charge in [0.15, 0.2) is 5.96 Å². The number of guanidine groups is 1. The van der Waals surface area contributed by atoms with E-state index in [4.69, 9.17) is 0 Å². The van der Waals surface area contributed by atoms with E-state index in [0.29, 0.717) is 19.0 Å². The van der Waals surface area contributed by atoms with Crippen LogP contribution in [-0.2, 0) is 6.54 Å². The van der Waals surface area contributed by atoms with Gasteiger partial charge in [-0.25, -0.2) is 4.99 Å². The quantitative estimate of drug-likeness (QED) is 0.377. The molecule has 0 aliphatic heterocycles. The number of halogens is 4. The van der Waals surface area contributed by atoms with Gasteiger partial charge in [-0.3, -0.25) is 0 Å². The van der Waals surface area contributed by atoms with Crippen LogP contribution in [-0.4, -0.2) is 30.2 Å². The zero-order valence-corrected chi connectivity index (χ0v) is 15.0. The predicted octanol–water partition coefficient (Wildman–Crippen LogP) is 3.79. The summed E-state index contributed by atoms with van der Waals surface area (Å²) in [7, 11) is 0. The summed E-state index contributed by atoms with van der Waals surface area (Å²) in [5, 5.41) is 6.70. The molecule has 0 radical (unpaired) electrons. The maximum Gasteiger partial charge on any atom is 0.390 e. The van der Waals surface area contributed by atoms with Gasteiger partial charge in [-0.2, -0.15) is 13.2 Å². The number of alkyl halides is 3. The van der Waals surface area contributed by atoms with Crippen LogP contribution in [0.25, 0.3) is 10.9 Å². The number of fused-ring (bicyclic) bond motifs is 1. The van der Waals surface area contributed by atoms with E-state index in [9.17, 15) is 13.2 Å². The van der Waals surface area contributed by atoms with Gasteiger partial charge in [-0.15, -0.1) is 24.0 Å². The van der Waals surface area contributed by atoms with Gasteiger partial charge in [0.1, 0.15) is 0 Å². The summed E-state index contributed by atoms with van der Waals surface area (Å²) < 4.78 is 36.5. The molecule has 2 rings (SSSR count). The fourth-order valence-corrected chi connectivity index (χ4v) is 2.05. The largest absolute Gasteiger partial charge is 0.390 e. The Bertz CT molecular complexity index is 604. The fraction of sp³-hybridized carbons (Fsp3) is 0.400. The second kappa shape index (κ2) is 8.99. The van der Waals surface area contributed by atoms with E-state index in [1.54, 1.807) is 0 Å². The summed E-state index contributed by atoms with van der Waals surface area (Å²) in [4.78, 5) is 7.53. The first kappa shape index (κ1) is 19.6. The molecule has 0 unspecified atom stereocenters. The molecular weight excluding hydrogens is 420 g/mol. The van der Waals surface area contributed by atoms with E-state index >= 15 is 0 Å². The minimum absolute atomic E-state index is 0. The van der Waals surface area contributed by atoms with Crippen molar-refractivity contribution in [1.29, 1.82) is 0 Å². The van der Waals surface area contributed by atoms with Crippen LogP contribution in [0.2, 0.25) is 0 Å². The molecule has 0 aliphatic rings. The number of aromatic nitrogens is 1. The Morgan fingerprint density at radius 2 is 1.96 bits per heavy atom.